The second-order valence-electron chi connectivity index (χ2n) is 6.51. The molecule has 2 N–H and O–H groups in total. The summed E-state index contributed by atoms with van der Waals surface area (Å²) in [6.07, 6.45) is 5.09. The number of fused-ring (bicyclic) bond motifs is 2. The second-order valence-corrected chi connectivity index (χ2v) is 6.51. The molecule has 1 aliphatic heterocycles. The number of H-pyrrole nitrogens is 1. The van der Waals surface area contributed by atoms with Crippen LogP contribution in [0, 0.1) is 6.92 Å². The van der Waals surface area contributed by atoms with Gasteiger partial charge in [0.05, 0.1) is 0 Å². The molecule has 4 rings (SSSR count). The number of nitrogens with zero attached hydrogens (tertiary/aromatic N) is 1. The van der Waals surface area contributed by atoms with Crippen molar-refractivity contribution in [2.75, 3.05) is 6.54 Å². The Morgan fingerprint density at radius 3 is 2.96 bits per heavy atom. The van der Waals surface area contributed by atoms with E-state index < -0.39 is 0 Å². The van der Waals surface area contributed by atoms with Gasteiger partial charge in [-0.3, -0.25) is 0 Å². The SMILES string of the molecule is C=C1NCCC(C)c2cc(-c3c[nH]c4ncc(C)cc34)ccc21. The van der Waals surface area contributed by atoms with Gasteiger partial charge in [0.2, 0.25) is 0 Å². The van der Waals surface area contributed by atoms with E-state index >= 15 is 0 Å². The smallest absolute Gasteiger partial charge is 0.137 e. The lowest BCUT2D eigenvalue weighted by Crippen LogP contribution is -2.10. The van der Waals surface area contributed by atoms with Crippen molar-refractivity contribution in [3.05, 3.63) is 59.9 Å². The Morgan fingerprint density at radius 2 is 2.09 bits per heavy atom. The third kappa shape index (κ3) is 2.33. The zero-order chi connectivity index (χ0) is 16.0. The molecule has 0 fully saturated rings. The fourth-order valence-corrected chi connectivity index (χ4v) is 3.45. The van der Waals surface area contributed by atoms with Crippen LogP contribution in [-0.4, -0.2) is 16.5 Å². The molecule has 2 aromatic heterocycles. The zero-order valence-electron chi connectivity index (χ0n) is 13.6. The number of nitrogens with one attached hydrogen (secondary N) is 2. The van der Waals surface area contributed by atoms with E-state index in [0.717, 1.165) is 24.3 Å². The van der Waals surface area contributed by atoms with E-state index in [9.17, 15) is 0 Å². The summed E-state index contributed by atoms with van der Waals surface area (Å²) in [5.74, 6) is 0.529. The minimum absolute atomic E-state index is 0.529. The Labute approximate surface area is 136 Å². The van der Waals surface area contributed by atoms with Crippen LogP contribution in [0.5, 0.6) is 0 Å². The van der Waals surface area contributed by atoms with Gasteiger partial charge in [0, 0.05) is 41.1 Å². The van der Waals surface area contributed by atoms with Crippen molar-refractivity contribution in [2.45, 2.75) is 26.2 Å². The Morgan fingerprint density at radius 1 is 1.22 bits per heavy atom. The molecule has 0 saturated heterocycles. The summed E-state index contributed by atoms with van der Waals surface area (Å²) in [6, 6.07) is 8.91. The average molecular weight is 303 g/mol. The molecular formula is C20H21N3. The molecule has 0 amide bonds. The molecule has 0 saturated carbocycles. The molecule has 3 heteroatoms. The van der Waals surface area contributed by atoms with E-state index in [1.54, 1.807) is 0 Å². The molecule has 3 heterocycles. The van der Waals surface area contributed by atoms with E-state index in [1.165, 1.54) is 33.2 Å². The van der Waals surface area contributed by atoms with Gasteiger partial charge in [-0.15, -0.1) is 0 Å². The first kappa shape index (κ1) is 14.1. The highest BCUT2D eigenvalue weighted by molar-refractivity contribution is 5.94. The number of pyridine rings is 1. The number of benzene rings is 1. The van der Waals surface area contributed by atoms with Gasteiger partial charge in [-0.25, -0.2) is 4.98 Å². The van der Waals surface area contributed by atoms with Crippen molar-refractivity contribution >= 4 is 16.7 Å². The maximum Gasteiger partial charge on any atom is 0.137 e. The molecule has 1 unspecified atom stereocenters. The summed E-state index contributed by atoms with van der Waals surface area (Å²) in [5, 5.41) is 4.60. The molecule has 3 aromatic rings. The van der Waals surface area contributed by atoms with E-state index in [4.69, 9.17) is 0 Å². The fraction of sp³-hybridized carbons (Fsp3) is 0.250. The fourth-order valence-electron chi connectivity index (χ4n) is 3.45. The van der Waals surface area contributed by atoms with Crippen LogP contribution in [0.25, 0.3) is 27.9 Å². The van der Waals surface area contributed by atoms with Crippen LogP contribution in [0.1, 0.15) is 36.0 Å². The van der Waals surface area contributed by atoms with E-state index in [1.807, 2.05) is 6.20 Å². The van der Waals surface area contributed by atoms with E-state index in [2.05, 4.69) is 66.2 Å². The first-order chi connectivity index (χ1) is 11.1. The van der Waals surface area contributed by atoms with Crippen LogP contribution in [0.3, 0.4) is 0 Å². The molecule has 0 spiro atoms. The predicted molar refractivity (Wildman–Crippen MR) is 96.3 cm³/mol. The highest BCUT2D eigenvalue weighted by Crippen LogP contribution is 2.35. The summed E-state index contributed by atoms with van der Waals surface area (Å²) < 4.78 is 0. The summed E-state index contributed by atoms with van der Waals surface area (Å²) >= 11 is 0. The zero-order valence-corrected chi connectivity index (χ0v) is 13.6. The summed E-state index contributed by atoms with van der Waals surface area (Å²) in [6.45, 7) is 9.54. The average Bonchev–Trinajstić information content (AvgIpc) is 2.90. The molecular weight excluding hydrogens is 282 g/mol. The summed E-state index contributed by atoms with van der Waals surface area (Å²) in [5.41, 5.74) is 8.24. The van der Waals surface area contributed by atoms with Crippen LogP contribution in [0.2, 0.25) is 0 Å². The van der Waals surface area contributed by atoms with Gasteiger partial charge in [0.15, 0.2) is 0 Å². The number of aromatic amines is 1. The topological polar surface area (TPSA) is 40.7 Å². The Hall–Kier alpha value is -2.55. The van der Waals surface area contributed by atoms with Crippen molar-refractivity contribution in [3.8, 4) is 11.1 Å². The minimum atomic E-state index is 0.529. The molecule has 116 valence electrons. The molecule has 1 aromatic carbocycles. The lowest BCUT2D eigenvalue weighted by molar-refractivity contribution is 0.672. The minimum Gasteiger partial charge on any atom is -0.385 e. The van der Waals surface area contributed by atoms with Gasteiger partial charge in [-0.1, -0.05) is 31.7 Å². The van der Waals surface area contributed by atoms with Crippen LogP contribution < -0.4 is 5.32 Å². The number of aromatic nitrogens is 2. The lowest BCUT2D eigenvalue weighted by Gasteiger charge is -2.14. The molecule has 0 radical (unpaired) electrons. The van der Waals surface area contributed by atoms with Gasteiger partial charge in [0.1, 0.15) is 5.65 Å². The molecule has 3 nitrogen and oxygen atoms in total. The molecule has 1 aliphatic rings. The molecule has 0 bridgehead atoms. The maximum absolute atomic E-state index is 4.48. The highest BCUT2D eigenvalue weighted by atomic mass is 14.9. The van der Waals surface area contributed by atoms with Gasteiger partial charge < -0.3 is 10.3 Å². The van der Waals surface area contributed by atoms with E-state index in [0.29, 0.717) is 5.92 Å². The number of hydrogen-bond acceptors (Lipinski definition) is 2. The normalized spacial score (nSPS) is 17.7. The first-order valence-electron chi connectivity index (χ1n) is 8.14. The third-order valence-electron chi connectivity index (χ3n) is 4.80. The van der Waals surface area contributed by atoms with Gasteiger partial charge in [0.25, 0.3) is 0 Å². The third-order valence-corrected chi connectivity index (χ3v) is 4.80. The summed E-state index contributed by atoms with van der Waals surface area (Å²) in [7, 11) is 0. The largest absolute Gasteiger partial charge is 0.385 e. The Kier molecular flexibility index (Phi) is 3.22. The highest BCUT2D eigenvalue weighted by Gasteiger charge is 2.18. The van der Waals surface area contributed by atoms with Crippen molar-refractivity contribution in [1.82, 2.24) is 15.3 Å². The molecule has 1 atom stereocenters. The number of hydrogen-bond donors (Lipinski definition) is 2. The Bertz CT molecular complexity index is 904. The van der Waals surface area contributed by atoms with Gasteiger partial charge in [-0.05, 0) is 42.0 Å². The standard InChI is InChI=1S/C20H21N3/c1-12-8-18-19(11-23-20(18)22-10-12)15-4-5-16-14(3)21-7-6-13(2)17(16)9-15/h4-5,8-11,13,21H,3,6-7H2,1-2H3,(H,22,23). The quantitative estimate of drug-likeness (QED) is 0.689. The number of aryl methyl sites for hydroxylation is 1. The molecule has 0 aliphatic carbocycles. The monoisotopic (exact) mass is 303 g/mol. The van der Waals surface area contributed by atoms with E-state index in [-0.39, 0.29) is 0 Å². The van der Waals surface area contributed by atoms with Crippen molar-refractivity contribution in [1.29, 1.82) is 0 Å². The van der Waals surface area contributed by atoms with Crippen LogP contribution in [0.15, 0.2) is 43.2 Å². The van der Waals surface area contributed by atoms with Gasteiger partial charge >= 0.3 is 0 Å². The maximum atomic E-state index is 4.48. The van der Waals surface area contributed by atoms with Crippen LogP contribution in [-0.2, 0) is 0 Å². The van der Waals surface area contributed by atoms with Crippen LogP contribution >= 0.6 is 0 Å². The van der Waals surface area contributed by atoms with Crippen molar-refractivity contribution in [2.24, 2.45) is 0 Å². The summed E-state index contributed by atoms with van der Waals surface area (Å²) in [4.78, 5) is 7.76. The lowest BCUT2D eigenvalue weighted by atomic mass is 9.90. The van der Waals surface area contributed by atoms with Gasteiger partial charge in [-0.2, -0.15) is 0 Å². The van der Waals surface area contributed by atoms with Crippen molar-refractivity contribution < 1.29 is 0 Å². The van der Waals surface area contributed by atoms with Crippen molar-refractivity contribution in [3.63, 3.8) is 0 Å². The first-order valence-corrected chi connectivity index (χ1v) is 8.14. The predicted octanol–water partition coefficient (Wildman–Crippen LogP) is 4.61. The molecule has 23 heavy (non-hydrogen) atoms. The van der Waals surface area contributed by atoms with Crippen LogP contribution in [0.4, 0.5) is 0 Å². The number of rotatable bonds is 1. The second kappa shape index (κ2) is 5.27. The Balaban J connectivity index is 1.89.